The van der Waals surface area contributed by atoms with Crippen LogP contribution in [0.15, 0.2) is 30.6 Å². The van der Waals surface area contributed by atoms with Gasteiger partial charge in [-0.05, 0) is 0 Å². The van der Waals surface area contributed by atoms with Crippen LogP contribution in [0.4, 0.5) is 23.2 Å². The Morgan fingerprint density at radius 1 is 1.38 bits per heavy atom. The molecule has 2 heterocycles. The number of phenolic OH excluding ortho intramolecular Hbond substituents is 1. The van der Waals surface area contributed by atoms with E-state index in [0.717, 1.165) is 9.99 Å². The molecule has 1 aliphatic rings. The predicted octanol–water partition coefficient (Wildman–Crippen LogP) is 0.341. The second-order valence-corrected chi connectivity index (χ2v) is 8.31. The summed E-state index contributed by atoms with van der Waals surface area (Å²) < 4.78 is 53.0. The monoisotopic (exact) mass is 453 g/mol. The van der Waals surface area contributed by atoms with Gasteiger partial charge in [-0.1, -0.05) is 0 Å². The maximum absolute atomic E-state index is 13.4. The van der Waals surface area contributed by atoms with Crippen LogP contribution in [0.5, 0.6) is 5.75 Å². The molecule has 2 aromatic rings. The summed E-state index contributed by atoms with van der Waals surface area (Å²) in [5.41, 5.74) is -1.01. The number of benzene rings is 1. The molecule has 9 heteroatoms. The second kappa shape index (κ2) is 6.19. The number of pyridine rings is 1. The van der Waals surface area contributed by atoms with Gasteiger partial charge in [-0.2, -0.15) is 0 Å². The second-order valence-electron chi connectivity index (χ2n) is 5.04. The fraction of sp³-hybridized carbons (Fsp3) is 0.200. The van der Waals surface area contributed by atoms with E-state index in [-0.39, 0.29) is 21.2 Å². The van der Waals surface area contributed by atoms with Crippen LogP contribution < -0.4 is 26.5 Å². The van der Waals surface area contributed by atoms with Gasteiger partial charge in [0.1, 0.15) is 0 Å². The van der Waals surface area contributed by atoms with Gasteiger partial charge < -0.3 is 0 Å². The summed E-state index contributed by atoms with van der Waals surface area (Å²) >= 11 is -0.00700. The first-order valence-corrected chi connectivity index (χ1v) is 9.47. The van der Waals surface area contributed by atoms with Crippen molar-refractivity contribution in [3.63, 3.8) is 0 Å². The minimum absolute atomic E-state index is 0.00700. The fourth-order valence-corrected chi connectivity index (χ4v) is 3.84. The first kappa shape index (κ1) is 16.9. The van der Waals surface area contributed by atoms with Crippen molar-refractivity contribution < 1.29 is 48.7 Å². The van der Waals surface area contributed by atoms with Gasteiger partial charge in [-0.25, -0.2) is 0 Å². The number of rotatable bonds is 3. The van der Waals surface area contributed by atoms with Crippen LogP contribution in [0.1, 0.15) is 25.4 Å². The number of halogens is 5. The molecule has 128 valence electrons. The molecular weight excluding hydrogens is 443 g/mol. The molecule has 1 atom stereocenters. The molecule has 0 bridgehead atoms. The Morgan fingerprint density at radius 3 is 2.71 bits per heavy atom. The summed E-state index contributed by atoms with van der Waals surface area (Å²) in [6.45, 7) is 0. The molecule has 1 aromatic heterocycles. The van der Waals surface area contributed by atoms with Crippen molar-refractivity contribution in [2.24, 2.45) is 0 Å². The van der Waals surface area contributed by atoms with Gasteiger partial charge in [-0.15, -0.1) is 0 Å². The molecule has 1 unspecified atom stereocenters. The Kier molecular flexibility index (Phi) is 4.37. The third-order valence-electron chi connectivity index (χ3n) is 3.38. The van der Waals surface area contributed by atoms with Gasteiger partial charge in [-0.3, -0.25) is 0 Å². The van der Waals surface area contributed by atoms with E-state index < -0.39 is 34.9 Å². The predicted molar refractivity (Wildman–Crippen MR) is 72.9 cm³/mol. The molecule has 4 nitrogen and oxygen atoms in total. The van der Waals surface area contributed by atoms with Gasteiger partial charge in [0.15, 0.2) is 0 Å². The van der Waals surface area contributed by atoms with Crippen molar-refractivity contribution in [3.8, 4) is 5.75 Å². The molecule has 1 fully saturated rings. The van der Waals surface area contributed by atoms with E-state index in [9.17, 15) is 27.5 Å². The summed E-state index contributed by atoms with van der Waals surface area (Å²) in [6, 6.07) is 2.18. The van der Waals surface area contributed by atoms with Crippen LogP contribution in [0.25, 0.3) is 0 Å². The molecule has 2 N–H and O–H groups in total. The SMILES string of the molecule is O=C(Nc1cc(C(F)(F)F)c(F)cc1O)c1ccncc1C1C[I-]1. The number of aromatic hydroxyl groups is 1. The summed E-state index contributed by atoms with van der Waals surface area (Å²) in [5.74, 6) is -3.05. The van der Waals surface area contributed by atoms with E-state index in [1.807, 2.05) is 0 Å². The van der Waals surface area contributed by atoms with E-state index in [4.69, 9.17) is 0 Å². The van der Waals surface area contributed by atoms with E-state index in [0.29, 0.717) is 21.6 Å². The Labute approximate surface area is 144 Å². The Hall–Kier alpha value is -1.91. The quantitative estimate of drug-likeness (QED) is 0.305. The third kappa shape index (κ3) is 3.45. The van der Waals surface area contributed by atoms with Crippen LogP contribution >= 0.6 is 0 Å². The number of carbonyl (C=O) groups excluding carboxylic acids is 1. The summed E-state index contributed by atoms with van der Waals surface area (Å²) in [5, 5.41) is 11.9. The number of alkyl halides is 5. The molecule has 0 saturated carbocycles. The number of carbonyl (C=O) groups is 1. The summed E-state index contributed by atoms with van der Waals surface area (Å²) in [6.07, 6.45) is -1.96. The Bertz CT molecular complexity index is 807. The summed E-state index contributed by atoms with van der Waals surface area (Å²) in [4.78, 5) is 16.3. The van der Waals surface area contributed by atoms with Gasteiger partial charge in [0.05, 0.1) is 0 Å². The molecule has 24 heavy (non-hydrogen) atoms. The normalized spacial score (nSPS) is 17.1. The molecule has 1 aliphatic heterocycles. The van der Waals surface area contributed by atoms with Gasteiger partial charge >= 0.3 is 144 Å². The molecule has 1 aromatic carbocycles. The minimum atomic E-state index is -4.93. The molecule has 0 aliphatic carbocycles. The summed E-state index contributed by atoms with van der Waals surface area (Å²) in [7, 11) is 0. The number of nitrogens with zero attached hydrogens (tertiary/aromatic N) is 1. The third-order valence-corrected chi connectivity index (χ3v) is 5.81. The van der Waals surface area contributed by atoms with Gasteiger partial charge in [0, 0.05) is 0 Å². The van der Waals surface area contributed by atoms with E-state index in [1.165, 1.54) is 12.3 Å². The number of aromatic nitrogens is 1. The number of phenols is 1. The van der Waals surface area contributed by atoms with Gasteiger partial charge in [0.25, 0.3) is 0 Å². The van der Waals surface area contributed by atoms with Crippen molar-refractivity contribution in [2.45, 2.75) is 10.1 Å². The van der Waals surface area contributed by atoms with Crippen LogP contribution in [0.2, 0.25) is 0 Å². The topological polar surface area (TPSA) is 62.2 Å². The molecule has 1 amide bonds. The maximum atomic E-state index is 13.4. The van der Waals surface area contributed by atoms with Crippen LogP contribution in [0.3, 0.4) is 0 Å². The number of anilines is 1. The molecule has 3 rings (SSSR count). The van der Waals surface area contributed by atoms with Crippen molar-refractivity contribution in [1.82, 2.24) is 4.98 Å². The molecule has 0 spiro atoms. The number of hydrogen-bond donors (Lipinski definition) is 2. The first-order chi connectivity index (χ1) is 11.3. The number of amides is 1. The van der Waals surface area contributed by atoms with Crippen LogP contribution in [-0.2, 0) is 6.18 Å². The van der Waals surface area contributed by atoms with Crippen molar-refractivity contribution in [3.05, 3.63) is 53.1 Å². The van der Waals surface area contributed by atoms with Gasteiger partial charge in [0.2, 0.25) is 0 Å². The standard InChI is InChI=1S/C15H10F4IN2O2/c16-10-4-13(23)12(3-9(10)15(17,18)19)22-14(24)7-1-2-21-6-8(7)11-5-20-11/h1-4,6,11,23H,5H2,(H,22,24)/q-1. The first-order valence-electron chi connectivity index (χ1n) is 6.70. The van der Waals surface area contributed by atoms with E-state index in [2.05, 4.69) is 10.3 Å². The zero-order chi connectivity index (χ0) is 17.5. The Morgan fingerprint density at radius 2 is 2.08 bits per heavy atom. The number of hydrogen-bond acceptors (Lipinski definition) is 3. The van der Waals surface area contributed by atoms with Crippen molar-refractivity contribution in [2.75, 3.05) is 9.74 Å². The average molecular weight is 453 g/mol. The zero-order valence-corrected chi connectivity index (χ0v) is 14.0. The number of nitrogens with one attached hydrogen (secondary N) is 1. The Balaban J connectivity index is 1.93. The van der Waals surface area contributed by atoms with Crippen LogP contribution in [-0.4, -0.2) is 20.4 Å². The average Bonchev–Trinajstić information content (AvgIpc) is 3.33. The van der Waals surface area contributed by atoms with E-state index >= 15 is 0 Å². The van der Waals surface area contributed by atoms with Crippen LogP contribution in [0, 0.1) is 5.82 Å². The zero-order valence-electron chi connectivity index (χ0n) is 11.9. The molecule has 0 radical (unpaired) electrons. The molecule has 1 saturated heterocycles. The molecular formula is C15H10F4IN2O2-. The van der Waals surface area contributed by atoms with E-state index in [1.54, 1.807) is 6.20 Å². The van der Waals surface area contributed by atoms with Crippen molar-refractivity contribution in [1.29, 1.82) is 0 Å². The fourth-order valence-electron chi connectivity index (χ4n) is 2.14. The van der Waals surface area contributed by atoms with Crippen molar-refractivity contribution >= 4 is 11.6 Å².